The van der Waals surface area contributed by atoms with Crippen LogP contribution in [0.5, 0.6) is 0 Å². The van der Waals surface area contributed by atoms with Gasteiger partial charge in [0.2, 0.25) is 5.91 Å². The molecule has 0 unspecified atom stereocenters. The number of aromatic nitrogens is 2. The van der Waals surface area contributed by atoms with E-state index in [1.54, 1.807) is 10.9 Å². The van der Waals surface area contributed by atoms with E-state index in [2.05, 4.69) is 41.6 Å². The van der Waals surface area contributed by atoms with Crippen LogP contribution in [0.4, 0.5) is 5.69 Å². The molecule has 0 spiro atoms. The minimum Gasteiger partial charge on any atom is -0.338 e. The Hall–Kier alpha value is -2.93. The number of nitrogens with zero attached hydrogens (tertiary/aromatic N) is 3. The molecule has 0 atom stereocenters. The average Bonchev–Trinajstić information content (AvgIpc) is 3.43. The Morgan fingerprint density at radius 2 is 1.90 bits per heavy atom. The van der Waals surface area contributed by atoms with Crippen LogP contribution in [-0.4, -0.2) is 39.6 Å². The first kappa shape index (κ1) is 20.3. The van der Waals surface area contributed by atoms with E-state index in [-0.39, 0.29) is 17.7 Å². The molecule has 0 radical (unpaired) electrons. The van der Waals surface area contributed by atoms with Gasteiger partial charge < -0.3 is 10.2 Å². The smallest absolute Gasteiger partial charge is 0.264 e. The number of thiophene rings is 1. The molecule has 156 valence electrons. The largest absolute Gasteiger partial charge is 0.338 e. The summed E-state index contributed by atoms with van der Waals surface area (Å²) in [7, 11) is 0. The summed E-state index contributed by atoms with van der Waals surface area (Å²) in [5.74, 6) is -0.0168. The van der Waals surface area contributed by atoms with Gasteiger partial charge in [0.15, 0.2) is 0 Å². The third-order valence-electron chi connectivity index (χ3n) is 5.60. The summed E-state index contributed by atoms with van der Waals surface area (Å²) in [5.41, 5.74) is 3.97. The third-order valence-corrected chi connectivity index (χ3v) is 6.50. The van der Waals surface area contributed by atoms with Crippen molar-refractivity contribution in [1.29, 1.82) is 0 Å². The number of benzene rings is 1. The first-order chi connectivity index (χ1) is 14.5. The van der Waals surface area contributed by atoms with Gasteiger partial charge in [0.25, 0.3) is 5.91 Å². The van der Waals surface area contributed by atoms with Crippen molar-refractivity contribution in [2.45, 2.75) is 33.2 Å². The van der Waals surface area contributed by atoms with E-state index < -0.39 is 0 Å². The van der Waals surface area contributed by atoms with Gasteiger partial charge in [-0.2, -0.15) is 5.10 Å². The molecule has 30 heavy (non-hydrogen) atoms. The minimum atomic E-state index is -0.0843. The number of likely N-dealkylation sites (tertiary alicyclic amines) is 1. The van der Waals surface area contributed by atoms with Crippen molar-refractivity contribution >= 4 is 28.8 Å². The van der Waals surface area contributed by atoms with E-state index >= 15 is 0 Å². The van der Waals surface area contributed by atoms with E-state index in [4.69, 9.17) is 0 Å². The molecular weight excluding hydrogens is 396 g/mol. The van der Waals surface area contributed by atoms with Crippen LogP contribution < -0.4 is 5.32 Å². The number of nitrogens with one attached hydrogen (secondary N) is 1. The van der Waals surface area contributed by atoms with Crippen molar-refractivity contribution in [2.75, 3.05) is 18.4 Å². The van der Waals surface area contributed by atoms with E-state index in [1.165, 1.54) is 16.9 Å². The topological polar surface area (TPSA) is 67.2 Å². The van der Waals surface area contributed by atoms with Crippen LogP contribution in [0.25, 0.3) is 11.1 Å². The lowest BCUT2D eigenvalue weighted by Crippen LogP contribution is -2.41. The van der Waals surface area contributed by atoms with Crippen molar-refractivity contribution in [2.24, 2.45) is 5.92 Å². The van der Waals surface area contributed by atoms with E-state index in [0.717, 1.165) is 28.2 Å². The molecule has 0 saturated carbocycles. The van der Waals surface area contributed by atoms with Crippen LogP contribution >= 0.6 is 11.3 Å². The predicted octanol–water partition coefficient (Wildman–Crippen LogP) is 4.43. The summed E-state index contributed by atoms with van der Waals surface area (Å²) in [6, 6.07) is 10.3. The Bertz CT molecular complexity index is 1030. The van der Waals surface area contributed by atoms with E-state index in [0.29, 0.717) is 25.9 Å². The van der Waals surface area contributed by atoms with Crippen LogP contribution in [0.1, 0.15) is 35.0 Å². The Labute approximate surface area is 180 Å². The fraction of sp³-hybridized carbons (Fsp3) is 0.348. The van der Waals surface area contributed by atoms with Crippen molar-refractivity contribution in [1.82, 2.24) is 14.7 Å². The molecule has 0 aliphatic carbocycles. The fourth-order valence-corrected chi connectivity index (χ4v) is 4.65. The molecule has 1 aliphatic rings. The molecule has 1 saturated heterocycles. The molecule has 1 aliphatic heterocycles. The van der Waals surface area contributed by atoms with E-state index in [1.807, 2.05) is 29.5 Å². The quantitative estimate of drug-likeness (QED) is 0.661. The highest BCUT2D eigenvalue weighted by molar-refractivity contribution is 7.12. The van der Waals surface area contributed by atoms with E-state index in [9.17, 15) is 9.59 Å². The highest BCUT2D eigenvalue weighted by Crippen LogP contribution is 2.31. The number of piperidine rings is 1. The molecule has 4 rings (SSSR count). The molecule has 3 aromatic rings. The molecule has 2 amide bonds. The molecule has 1 N–H and O–H groups in total. The van der Waals surface area contributed by atoms with Crippen molar-refractivity contribution < 1.29 is 9.59 Å². The van der Waals surface area contributed by atoms with Crippen molar-refractivity contribution in [3.63, 3.8) is 0 Å². The van der Waals surface area contributed by atoms with Crippen LogP contribution in [0, 0.1) is 12.8 Å². The Morgan fingerprint density at radius 3 is 2.57 bits per heavy atom. The zero-order valence-electron chi connectivity index (χ0n) is 17.3. The number of hydrogen-bond donors (Lipinski definition) is 1. The maximum absolute atomic E-state index is 13.2. The zero-order valence-corrected chi connectivity index (χ0v) is 18.1. The lowest BCUT2D eigenvalue weighted by atomic mass is 9.95. The number of anilines is 1. The number of carbonyl (C=O) groups is 2. The second-order valence-electron chi connectivity index (χ2n) is 7.67. The Kier molecular flexibility index (Phi) is 5.99. The normalized spacial score (nSPS) is 14.7. The SMILES string of the molecule is CCn1cc(NC(=O)C2CCN(C(=O)c3sccc3-c3ccc(C)cc3)CC2)cn1. The summed E-state index contributed by atoms with van der Waals surface area (Å²) in [4.78, 5) is 28.4. The summed E-state index contributed by atoms with van der Waals surface area (Å²) in [6.45, 7) is 6.01. The van der Waals surface area contributed by atoms with Gasteiger partial charge >= 0.3 is 0 Å². The number of amides is 2. The monoisotopic (exact) mass is 422 g/mol. The summed E-state index contributed by atoms with van der Waals surface area (Å²) < 4.78 is 1.78. The highest BCUT2D eigenvalue weighted by atomic mass is 32.1. The number of hydrogen-bond acceptors (Lipinski definition) is 4. The van der Waals surface area contributed by atoms with Crippen LogP contribution in [0.2, 0.25) is 0 Å². The molecule has 1 aromatic carbocycles. The molecule has 2 aromatic heterocycles. The number of carbonyl (C=O) groups excluding carboxylic acids is 2. The number of aryl methyl sites for hydroxylation is 2. The molecular formula is C23H26N4O2S. The number of rotatable bonds is 5. The van der Waals surface area contributed by atoms with Gasteiger partial charge in [-0.25, -0.2) is 0 Å². The molecule has 3 heterocycles. The zero-order chi connectivity index (χ0) is 21.1. The molecule has 0 bridgehead atoms. The summed E-state index contributed by atoms with van der Waals surface area (Å²) in [6.07, 6.45) is 4.85. The maximum atomic E-state index is 13.2. The highest BCUT2D eigenvalue weighted by Gasteiger charge is 2.29. The first-order valence-corrected chi connectivity index (χ1v) is 11.2. The van der Waals surface area contributed by atoms with Gasteiger partial charge in [0.1, 0.15) is 0 Å². The summed E-state index contributed by atoms with van der Waals surface area (Å²) in [5, 5.41) is 9.11. The average molecular weight is 423 g/mol. The first-order valence-electron chi connectivity index (χ1n) is 10.3. The predicted molar refractivity (Wildman–Crippen MR) is 120 cm³/mol. The Balaban J connectivity index is 1.37. The van der Waals surface area contributed by atoms with Gasteiger partial charge in [-0.1, -0.05) is 29.8 Å². The standard InChI is InChI=1S/C23H26N4O2S/c1-3-27-15-19(14-24-27)25-22(28)18-8-11-26(12-9-18)23(29)21-20(10-13-30-21)17-6-4-16(2)5-7-17/h4-7,10,13-15,18H,3,8-9,11-12H2,1-2H3,(H,25,28). The second-order valence-corrected chi connectivity index (χ2v) is 8.59. The van der Waals surface area contributed by atoms with Gasteiger partial charge in [0, 0.05) is 37.3 Å². The molecule has 6 nitrogen and oxygen atoms in total. The van der Waals surface area contributed by atoms with Crippen LogP contribution in [-0.2, 0) is 11.3 Å². The van der Waals surface area contributed by atoms with Gasteiger partial charge in [-0.05, 0) is 43.7 Å². The molecule has 1 fully saturated rings. The van der Waals surface area contributed by atoms with Crippen LogP contribution in [0.3, 0.4) is 0 Å². The Morgan fingerprint density at radius 1 is 1.17 bits per heavy atom. The maximum Gasteiger partial charge on any atom is 0.264 e. The molecule has 7 heteroatoms. The lowest BCUT2D eigenvalue weighted by molar-refractivity contribution is -0.121. The van der Waals surface area contributed by atoms with Gasteiger partial charge in [-0.15, -0.1) is 11.3 Å². The second kappa shape index (κ2) is 8.83. The minimum absolute atomic E-state index is 0.00854. The van der Waals surface area contributed by atoms with Crippen molar-refractivity contribution in [3.8, 4) is 11.1 Å². The van der Waals surface area contributed by atoms with Crippen LogP contribution in [0.15, 0.2) is 48.1 Å². The van der Waals surface area contributed by atoms with Gasteiger partial charge in [0.05, 0.1) is 16.8 Å². The van der Waals surface area contributed by atoms with Gasteiger partial charge in [-0.3, -0.25) is 14.3 Å². The van der Waals surface area contributed by atoms with Crippen molar-refractivity contribution in [3.05, 3.63) is 58.5 Å². The lowest BCUT2D eigenvalue weighted by Gasteiger charge is -2.31. The third kappa shape index (κ3) is 4.31. The summed E-state index contributed by atoms with van der Waals surface area (Å²) >= 11 is 1.48. The fourth-order valence-electron chi connectivity index (χ4n) is 3.77.